The quantitative estimate of drug-likeness (QED) is 0.0365. The van der Waals surface area contributed by atoms with Gasteiger partial charge >= 0.3 is 0 Å². The normalized spacial score (nSPS) is 15.0. The summed E-state index contributed by atoms with van der Waals surface area (Å²) in [5.41, 5.74) is 3.99. The lowest BCUT2D eigenvalue weighted by Crippen LogP contribution is -2.74. The van der Waals surface area contributed by atoms with Crippen molar-refractivity contribution in [3.8, 4) is 17.2 Å². The van der Waals surface area contributed by atoms with Crippen LogP contribution < -0.4 is 36.7 Å². The molecule has 0 unspecified atom stereocenters. The largest absolute Gasteiger partial charge is 0.508 e. The molecule has 84 heavy (non-hydrogen) atoms. The molecular weight excluding hydrogens is 1060 g/mol. The monoisotopic (exact) mass is 1160 g/mol. The number of ketones is 1. The van der Waals surface area contributed by atoms with Crippen molar-refractivity contribution < 1.29 is 29.7 Å². The second-order valence-electron chi connectivity index (χ2n) is 26.8. The fourth-order valence-corrected chi connectivity index (χ4v) is 16.8. The molecule has 6 aromatic rings. The zero-order valence-electron chi connectivity index (χ0n) is 53.0. The van der Waals surface area contributed by atoms with Gasteiger partial charge in [-0.05, 0) is 92.6 Å². The van der Waals surface area contributed by atoms with Crippen molar-refractivity contribution in [3.05, 3.63) is 173 Å². The SMILES string of the molecule is CC(=O)[C@@H](NCc1cccc(C(C)(C)C)c1O)C(C)(C)C.CC(C)[C@H](NCc1cccc(C(C)(C)C)c1O)C(=O)N1CCCC1.CC(C)[C@H](NCc1cccc([Si](c2ccccc2)(c2ccccc2)c2ccccc2)c1O)C(=O)N1CCCC1. The first-order chi connectivity index (χ1) is 39.7. The van der Waals surface area contributed by atoms with Gasteiger partial charge in [-0.1, -0.05) is 236 Å². The third kappa shape index (κ3) is 16.6. The van der Waals surface area contributed by atoms with Gasteiger partial charge in [0.1, 0.15) is 23.0 Å². The van der Waals surface area contributed by atoms with Gasteiger partial charge in [0, 0.05) is 62.5 Å². The van der Waals surface area contributed by atoms with Gasteiger partial charge < -0.3 is 41.1 Å². The zero-order valence-corrected chi connectivity index (χ0v) is 54.0. The van der Waals surface area contributed by atoms with Crippen molar-refractivity contribution in [2.24, 2.45) is 17.3 Å². The van der Waals surface area contributed by atoms with E-state index < -0.39 is 8.07 Å². The van der Waals surface area contributed by atoms with Crippen LogP contribution in [-0.4, -0.2) is 95.1 Å². The minimum Gasteiger partial charge on any atom is -0.508 e. The molecule has 2 amide bonds. The summed E-state index contributed by atoms with van der Waals surface area (Å²) in [7, 11) is -2.85. The van der Waals surface area contributed by atoms with Gasteiger partial charge in [-0.25, -0.2) is 0 Å². The summed E-state index contributed by atoms with van der Waals surface area (Å²) in [4.78, 5) is 41.7. The van der Waals surface area contributed by atoms with Crippen molar-refractivity contribution in [2.45, 2.75) is 171 Å². The molecule has 0 aromatic heterocycles. The molecule has 0 spiro atoms. The second-order valence-corrected chi connectivity index (χ2v) is 30.6. The van der Waals surface area contributed by atoms with Crippen LogP contribution in [0.2, 0.25) is 0 Å². The molecule has 2 aliphatic rings. The fraction of sp³-hybridized carbons (Fsp3) is 0.458. The Morgan fingerprint density at radius 3 is 1.08 bits per heavy atom. The Morgan fingerprint density at radius 2 is 0.774 bits per heavy atom. The van der Waals surface area contributed by atoms with Crippen LogP contribution >= 0.6 is 0 Å². The van der Waals surface area contributed by atoms with Gasteiger partial charge in [-0.2, -0.15) is 0 Å². The lowest BCUT2D eigenvalue weighted by molar-refractivity contribution is -0.134. The first-order valence-electron chi connectivity index (χ1n) is 30.6. The maximum Gasteiger partial charge on any atom is 0.239 e. The number of carbonyl (C=O) groups is 3. The topological polar surface area (TPSA) is 154 Å². The Labute approximate surface area is 504 Å². The number of hydrogen-bond donors (Lipinski definition) is 6. The number of benzene rings is 6. The predicted molar refractivity (Wildman–Crippen MR) is 349 cm³/mol. The molecule has 8 rings (SSSR count). The Balaban J connectivity index is 0.000000217. The van der Waals surface area contributed by atoms with Crippen LogP contribution in [0.3, 0.4) is 0 Å². The summed E-state index contributed by atoms with van der Waals surface area (Å²) in [6, 6.07) is 48.9. The molecule has 12 heteroatoms. The molecule has 0 aliphatic carbocycles. The molecule has 3 atom stereocenters. The van der Waals surface area contributed by atoms with Crippen LogP contribution in [0.15, 0.2) is 146 Å². The minimum absolute atomic E-state index is 0.107. The van der Waals surface area contributed by atoms with E-state index in [2.05, 4.69) is 170 Å². The highest BCUT2D eigenvalue weighted by atomic mass is 28.3. The number of likely N-dealkylation sites (tertiary alicyclic amines) is 2. The van der Waals surface area contributed by atoms with E-state index in [-0.39, 0.29) is 63.8 Å². The molecule has 2 saturated heterocycles. The van der Waals surface area contributed by atoms with Crippen molar-refractivity contribution in [1.29, 1.82) is 0 Å². The van der Waals surface area contributed by atoms with Crippen molar-refractivity contribution in [2.75, 3.05) is 26.2 Å². The van der Waals surface area contributed by atoms with E-state index in [0.717, 1.165) is 84.9 Å². The fourth-order valence-electron chi connectivity index (χ4n) is 11.9. The lowest BCUT2D eigenvalue weighted by atomic mass is 9.83. The second kappa shape index (κ2) is 29.5. The predicted octanol–water partition coefficient (Wildman–Crippen LogP) is 10.7. The van der Waals surface area contributed by atoms with Gasteiger partial charge in [0.2, 0.25) is 11.8 Å². The Bertz CT molecular complexity index is 2970. The maximum atomic E-state index is 13.3. The molecule has 0 saturated carbocycles. The molecule has 6 N–H and O–H groups in total. The van der Waals surface area contributed by atoms with E-state index in [1.165, 1.54) is 15.6 Å². The zero-order chi connectivity index (χ0) is 61.6. The molecule has 452 valence electrons. The van der Waals surface area contributed by atoms with E-state index in [1.54, 1.807) is 6.92 Å². The smallest absolute Gasteiger partial charge is 0.239 e. The molecule has 0 bridgehead atoms. The van der Waals surface area contributed by atoms with E-state index in [4.69, 9.17) is 0 Å². The summed E-state index contributed by atoms with van der Waals surface area (Å²) >= 11 is 0. The van der Waals surface area contributed by atoms with Crippen LogP contribution in [0.25, 0.3) is 0 Å². The van der Waals surface area contributed by atoms with Crippen molar-refractivity contribution in [1.82, 2.24) is 25.8 Å². The summed E-state index contributed by atoms with van der Waals surface area (Å²) in [6.45, 7) is 33.3. The number of nitrogens with one attached hydrogen (secondary N) is 3. The van der Waals surface area contributed by atoms with Gasteiger partial charge in [-0.15, -0.1) is 0 Å². The Kier molecular flexibility index (Phi) is 23.4. The van der Waals surface area contributed by atoms with Crippen LogP contribution in [0.4, 0.5) is 0 Å². The first-order valence-corrected chi connectivity index (χ1v) is 32.6. The average Bonchev–Trinajstić information content (AvgIpc) is 0.993. The molecule has 0 radical (unpaired) electrons. The first kappa shape index (κ1) is 66.6. The minimum atomic E-state index is -2.85. The third-order valence-corrected chi connectivity index (χ3v) is 21.3. The summed E-state index contributed by atoms with van der Waals surface area (Å²) < 4.78 is 0. The van der Waals surface area contributed by atoms with Crippen LogP contribution in [-0.2, 0) is 44.8 Å². The van der Waals surface area contributed by atoms with Gasteiger partial charge in [0.05, 0.1) is 18.1 Å². The van der Waals surface area contributed by atoms with Crippen LogP contribution in [0.1, 0.15) is 150 Å². The van der Waals surface area contributed by atoms with Gasteiger partial charge in [-0.3, -0.25) is 14.4 Å². The number of carbonyl (C=O) groups excluding carboxylic acids is 3. The van der Waals surface area contributed by atoms with E-state index in [9.17, 15) is 29.7 Å². The number of phenols is 3. The number of phenolic OH excluding ortho intramolecular Hbond substituents is 3. The Hall–Kier alpha value is -6.57. The number of aromatic hydroxyl groups is 3. The number of hydrogen-bond acceptors (Lipinski definition) is 9. The van der Waals surface area contributed by atoms with E-state index in [0.29, 0.717) is 36.9 Å². The van der Waals surface area contributed by atoms with Crippen molar-refractivity contribution >= 4 is 46.4 Å². The number of para-hydroxylation sites is 3. The summed E-state index contributed by atoms with van der Waals surface area (Å²) in [6.07, 6.45) is 4.35. The molecule has 6 aromatic carbocycles. The van der Waals surface area contributed by atoms with E-state index >= 15 is 0 Å². The van der Waals surface area contributed by atoms with Crippen molar-refractivity contribution in [3.63, 3.8) is 0 Å². The highest BCUT2D eigenvalue weighted by Gasteiger charge is 2.44. The molecule has 2 aliphatic heterocycles. The molecule has 2 heterocycles. The summed E-state index contributed by atoms with van der Waals surface area (Å²) in [5, 5.41) is 47.8. The Morgan fingerprint density at radius 1 is 0.452 bits per heavy atom. The van der Waals surface area contributed by atoms with Crippen LogP contribution in [0.5, 0.6) is 17.2 Å². The highest BCUT2D eigenvalue weighted by Crippen LogP contribution is 2.35. The highest BCUT2D eigenvalue weighted by molar-refractivity contribution is 7.20. The third-order valence-electron chi connectivity index (χ3n) is 16.5. The van der Waals surface area contributed by atoms with Gasteiger partial charge in [0.15, 0.2) is 8.07 Å². The molecule has 11 nitrogen and oxygen atoms in total. The number of nitrogens with zero attached hydrogens (tertiary/aromatic N) is 2. The molecular formula is C72H99N5O6Si. The number of Topliss-reactive ketones (excluding diaryl/α,β-unsaturated/α-hetero) is 1. The number of amides is 2. The maximum absolute atomic E-state index is 13.3. The average molecular weight is 1160 g/mol. The number of rotatable bonds is 18. The van der Waals surface area contributed by atoms with E-state index in [1.807, 2.05) is 91.2 Å². The van der Waals surface area contributed by atoms with Gasteiger partial charge in [0.25, 0.3) is 0 Å². The standard InChI is InChI=1S/C34H38N2O2Si.C20H32N2O2.C18H29NO2/c1-26(2)32(34(38)36-23-12-13-24-36)35-25-27-15-14-22-31(33(27)37)39(28-16-6-3-7-17-28,29-18-8-4-9-19-29)30-20-10-5-11-21-30;1-14(2)17(19(24)22-11-6-7-12-22)21-13-15-9-8-10-16(18(15)23)20(3,4)5;1-12(20)16(18(5,6)7)19-11-13-9-8-10-14(15(13)21)17(2,3)4/h3-11,14-22,26,32,35,37H,12-13,23-25H2,1-2H3;8-10,14,17,21,23H,6-7,11-13H2,1-5H3;8-10,16,19,21H,11H2,1-7H3/t32-;17-;16-/m001/s1. The summed E-state index contributed by atoms with van der Waals surface area (Å²) in [5.74, 6) is 1.82. The molecule has 2 fully saturated rings. The van der Waals surface area contributed by atoms with Crippen LogP contribution in [0, 0.1) is 17.3 Å². The lowest BCUT2D eigenvalue weighted by Gasteiger charge is -2.35.